The van der Waals surface area contributed by atoms with Crippen molar-refractivity contribution in [2.45, 2.75) is 44.8 Å². The molecule has 0 aromatic rings. The van der Waals surface area contributed by atoms with Crippen LogP contribution in [0.5, 0.6) is 0 Å². The van der Waals surface area contributed by atoms with E-state index < -0.39 is 0 Å². The average molecular weight is 212 g/mol. The number of hydrogen-bond donors (Lipinski definition) is 2. The first-order chi connectivity index (χ1) is 7.25. The van der Waals surface area contributed by atoms with Crippen LogP contribution in [0, 0.1) is 5.92 Å². The number of aliphatic hydroxyl groups is 1. The Kier molecular flexibility index (Phi) is 4.00. The van der Waals surface area contributed by atoms with Crippen molar-refractivity contribution < 1.29 is 5.11 Å². The molecule has 0 amide bonds. The largest absolute Gasteiger partial charge is 0.392 e. The summed E-state index contributed by atoms with van der Waals surface area (Å²) >= 11 is 0. The predicted octanol–water partition coefficient (Wildman–Crippen LogP) is 0.831. The number of nitrogens with zero attached hydrogens (tertiary/aromatic N) is 1. The molecule has 2 aliphatic rings. The van der Waals surface area contributed by atoms with Gasteiger partial charge in [0.25, 0.3) is 0 Å². The summed E-state index contributed by atoms with van der Waals surface area (Å²) < 4.78 is 0. The van der Waals surface area contributed by atoms with Crippen LogP contribution >= 0.6 is 0 Å². The van der Waals surface area contributed by atoms with E-state index in [9.17, 15) is 5.11 Å². The Hall–Kier alpha value is -0.120. The minimum absolute atomic E-state index is 0.180. The molecule has 2 fully saturated rings. The second-order valence-corrected chi connectivity index (χ2v) is 5.21. The Morgan fingerprint density at radius 1 is 1.40 bits per heavy atom. The zero-order valence-electron chi connectivity index (χ0n) is 9.78. The predicted molar refractivity (Wildman–Crippen MR) is 61.9 cm³/mol. The van der Waals surface area contributed by atoms with E-state index in [1.807, 2.05) is 6.92 Å². The van der Waals surface area contributed by atoms with Crippen LogP contribution in [0.4, 0.5) is 0 Å². The fraction of sp³-hybridized carbons (Fsp3) is 1.00. The number of piperidine rings is 1. The van der Waals surface area contributed by atoms with Gasteiger partial charge in [0.2, 0.25) is 0 Å². The van der Waals surface area contributed by atoms with E-state index in [1.54, 1.807) is 0 Å². The molecule has 0 aliphatic carbocycles. The SMILES string of the molecule is C[C@H](O)CN1CCCC(C2CCCN2)C1. The molecule has 0 aromatic carbocycles. The molecule has 0 spiro atoms. The first-order valence-electron chi connectivity index (χ1n) is 6.39. The number of hydrogen-bond acceptors (Lipinski definition) is 3. The normalized spacial score (nSPS) is 35.6. The third-order valence-electron chi connectivity index (χ3n) is 3.73. The Labute approximate surface area is 92.8 Å². The quantitative estimate of drug-likeness (QED) is 0.727. The van der Waals surface area contributed by atoms with Crippen LogP contribution in [0.25, 0.3) is 0 Å². The highest BCUT2D eigenvalue weighted by atomic mass is 16.3. The van der Waals surface area contributed by atoms with Crippen LogP contribution in [0.3, 0.4) is 0 Å². The summed E-state index contributed by atoms with van der Waals surface area (Å²) in [6.07, 6.45) is 5.19. The lowest BCUT2D eigenvalue weighted by Crippen LogP contribution is -2.45. The highest BCUT2D eigenvalue weighted by Crippen LogP contribution is 2.24. The van der Waals surface area contributed by atoms with Crippen LogP contribution in [0.2, 0.25) is 0 Å². The first-order valence-corrected chi connectivity index (χ1v) is 6.39. The van der Waals surface area contributed by atoms with E-state index in [0.29, 0.717) is 0 Å². The van der Waals surface area contributed by atoms with Gasteiger partial charge in [-0.15, -0.1) is 0 Å². The number of rotatable bonds is 3. The Morgan fingerprint density at radius 3 is 2.93 bits per heavy atom. The molecule has 0 bridgehead atoms. The summed E-state index contributed by atoms with van der Waals surface area (Å²) in [4.78, 5) is 2.43. The molecule has 2 rings (SSSR count). The molecule has 0 aromatic heterocycles. The number of aliphatic hydroxyl groups excluding tert-OH is 1. The zero-order chi connectivity index (χ0) is 10.7. The second-order valence-electron chi connectivity index (χ2n) is 5.21. The summed E-state index contributed by atoms with van der Waals surface area (Å²) in [6, 6.07) is 0.752. The molecule has 0 saturated carbocycles. The van der Waals surface area contributed by atoms with Crippen molar-refractivity contribution in [3.8, 4) is 0 Å². The van der Waals surface area contributed by atoms with Gasteiger partial charge in [0.1, 0.15) is 0 Å². The number of β-amino-alcohol motifs (C(OH)–C–C–N with tert-alkyl or cyclic N) is 1. The molecule has 88 valence electrons. The van der Waals surface area contributed by atoms with E-state index in [-0.39, 0.29) is 6.10 Å². The molecule has 2 N–H and O–H groups in total. The maximum Gasteiger partial charge on any atom is 0.0639 e. The maximum absolute atomic E-state index is 9.40. The molecule has 2 aliphatic heterocycles. The number of nitrogens with one attached hydrogen (secondary N) is 1. The van der Waals surface area contributed by atoms with Crippen molar-refractivity contribution in [1.29, 1.82) is 0 Å². The van der Waals surface area contributed by atoms with Crippen LogP contribution < -0.4 is 5.32 Å². The van der Waals surface area contributed by atoms with E-state index in [4.69, 9.17) is 0 Å². The lowest BCUT2D eigenvalue weighted by Gasteiger charge is -2.36. The molecule has 2 heterocycles. The molecular formula is C12H24N2O. The standard InChI is InChI=1S/C12H24N2O/c1-10(15)8-14-7-3-4-11(9-14)12-5-2-6-13-12/h10-13,15H,2-9H2,1H3/t10-,11?,12?/m0/s1. The van der Waals surface area contributed by atoms with Gasteiger partial charge in [-0.25, -0.2) is 0 Å². The van der Waals surface area contributed by atoms with E-state index in [1.165, 1.54) is 45.3 Å². The minimum atomic E-state index is -0.180. The van der Waals surface area contributed by atoms with E-state index in [2.05, 4.69) is 10.2 Å². The third kappa shape index (κ3) is 3.16. The van der Waals surface area contributed by atoms with Crippen LogP contribution in [-0.2, 0) is 0 Å². The van der Waals surface area contributed by atoms with Crippen molar-refractivity contribution >= 4 is 0 Å². The van der Waals surface area contributed by atoms with Crippen LogP contribution in [0.15, 0.2) is 0 Å². The summed E-state index contributed by atoms with van der Waals surface area (Å²) in [6.45, 7) is 6.30. The monoisotopic (exact) mass is 212 g/mol. The lowest BCUT2D eigenvalue weighted by atomic mass is 9.89. The van der Waals surface area contributed by atoms with Gasteiger partial charge in [-0.05, 0) is 51.6 Å². The molecule has 0 radical (unpaired) electrons. The van der Waals surface area contributed by atoms with Crippen molar-refractivity contribution in [2.75, 3.05) is 26.2 Å². The summed E-state index contributed by atoms with van der Waals surface area (Å²) in [7, 11) is 0. The van der Waals surface area contributed by atoms with Gasteiger partial charge in [0, 0.05) is 19.1 Å². The highest BCUT2D eigenvalue weighted by Gasteiger charge is 2.29. The van der Waals surface area contributed by atoms with Gasteiger partial charge in [-0.1, -0.05) is 0 Å². The van der Waals surface area contributed by atoms with Gasteiger partial charge in [0.05, 0.1) is 6.10 Å². The molecule has 3 nitrogen and oxygen atoms in total. The summed E-state index contributed by atoms with van der Waals surface area (Å²) in [5.74, 6) is 0.819. The van der Waals surface area contributed by atoms with Gasteiger partial charge < -0.3 is 15.3 Å². The van der Waals surface area contributed by atoms with Gasteiger partial charge in [-0.3, -0.25) is 0 Å². The number of likely N-dealkylation sites (tertiary alicyclic amines) is 1. The van der Waals surface area contributed by atoms with Gasteiger partial charge in [-0.2, -0.15) is 0 Å². The molecule has 3 heteroatoms. The highest BCUT2D eigenvalue weighted by molar-refractivity contribution is 4.86. The van der Waals surface area contributed by atoms with Crippen molar-refractivity contribution in [1.82, 2.24) is 10.2 Å². The Bertz CT molecular complexity index is 190. The van der Waals surface area contributed by atoms with Crippen molar-refractivity contribution in [2.24, 2.45) is 5.92 Å². The van der Waals surface area contributed by atoms with Crippen LogP contribution in [0.1, 0.15) is 32.6 Å². The molecular weight excluding hydrogens is 188 g/mol. The average Bonchev–Trinajstić information content (AvgIpc) is 2.69. The minimum Gasteiger partial charge on any atom is -0.392 e. The summed E-state index contributed by atoms with van der Waals surface area (Å²) in [5, 5.41) is 13.0. The van der Waals surface area contributed by atoms with Crippen molar-refractivity contribution in [3.63, 3.8) is 0 Å². The third-order valence-corrected chi connectivity index (χ3v) is 3.73. The smallest absolute Gasteiger partial charge is 0.0639 e. The fourth-order valence-corrected chi connectivity index (χ4v) is 3.07. The molecule has 15 heavy (non-hydrogen) atoms. The Morgan fingerprint density at radius 2 is 2.27 bits per heavy atom. The fourth-order valence-electron chi connectivity index (χ4n) is 3.07. The topological polar surface area (TPSA) is 35.5 Å². The lowest BCUT2D eigenvalue weighted by molar-refractivity contribution is 0.0865. The van der Waals surface area contributed by atoms with E-state index >= 15 is 0 Å². The maximum atomic E-state index is 9.40. The summed E-state index contributed by atoms with van der Waals surface area (Å²) in [5.41, 5.74) is 0. The second kappa shape index (κ2) is 5.28. The van der Waals surface area contributed by atoms with Gasteiger partial charge >= 0.3 is 0 Å². The molecule has 2 unspecified atom stereocenters. The molecule has 2 saturated heterocycles. The first kappa shape index (κ1) is 11.4. The van der Waals surface area contributed by atoms with Gasteiger partial charge in [0.15, 0.2) is 0 Å². The van der Waals surface area contributed by atoms with Crippen LogP contribution in [-0.4, -0.2) is 48.3 Å². The zero-order valence-corrected chi connectivity index (χ0v) is 9.78. The van der Waals surface area contributed by atoms with E-state index in [0.717, 1.165) is 18.5 Å². The Balaban J connectivity index is 1.80. The molecule has 3 atom stereocenters. The van der Waals surface area contributed by atoms with Crippen molar-refractivity contribution in [3.05, 3.63) is 0 Å².